The van der Waals surface area contributed by atoms with Gasteiger partial charge in [0.05, 0.1) is 6.04 Å². The molecule has 2 fully saturated rings. The Morgan fingerprint density at radius 2 is 2.27 bits per heavy atom. The summed E-state index contributed by atoms with van der Waals surface area (Å²) in [5, 5.41) is 3.04. The normalized spacial score (nSPS) is 29.1. The lowest BCUT2D eigenvalue weighted by atomic mass is 10.2. The van der Waals surface area contributed by atoms with Gasteiger partial charge in [0.2, 0.25) is 5.91 Å². The van der Waals surface area contributed by atoms with Gasteiger partial charge in [0.25, 0.3) is 0 Å². The van der Waals surface area contributed by atoms with Crippen LogP contribution in [0.2, 0.25) is 0 Å². The smallest absolute Gasteiger partial charge is 0.237 e. The molecule has 3 N–H and O–H groups in total. The molecule has 1 aliphatic carbocycles. The van der Waals surface area contributed by atoms with Crippen LogP contribution >= 0.6 is 0 Å². The Bertz CT molecular complexity index is 240. The number of hydrogen-bond donors (Lipinski definition) is 2. The molecule has 86 valence electrons. The topological polar surface area (TPSA) is 58.4 Å². The van der Waals surface area contributed by atoms with Gasteiger partial charge < -0.3 is 11.1 Å². The van der Waals surface area contributed by atoms with Crippen LogP contribution in [0.4, 0.5) is 0 Å². The van der Waals surface area contributed by atoms with Crippen molar-refractivity contribution < 1.29 is 4.79 Å². The second-order valence-corrected chi connectivity index (χ2v) is 4.74. The van der Waals surface area contributed by atoms with Crippen molar-refractivity contribution in [3.63, 3.8) is 0 Å². The van der Waals surface area contributed by atoms with Crippen molar-refractivity contribution in [3.8, 4) is 0 Å². The number of hydrogen-bond acceptors (Lipinski definition) is 3. The molecule has 2 aliphatic rings. The first kappa shape index (κ1) is 10.9. The summed E-state index contributed by atoms with van der Waals surface area (Å²) in [7, 11) is 0. The molecule has 0 aromatic heterocycles. The number of nitrogens with two attached hydrogens (primary N) is 1. The van der Waals surface area contributed by atoms with Crippen LogP contribution in [-0.2, 0) is 4.79 Å². The van der Waals surface area contributed by atoms with E-state index in [1.165, 1.54) is 12.8 Å². The van der Waals surface area contributed by atoms with E-state index >= 15 is 0 Å². The van der Waals surface area contributed by atoms with Crippen molar-refractivity contribution in [2.75, 3.05) is 13.1 Å². The monoisotopic (exact) mass is 211 g/mol. The largest absolute Gasteiger partial charge is 0.351 e. The Morgan fingerprint density at radius 1 is 1.53 bits per heavy atom. The molecular formula is C11H21N3O. The SMILES string of the molecule is CCC(N)C(=O)NC1CCN(C2CC2)C1. The lowest BCUT2D eigenvalue weighted by Gasteiger charge is -2.17. The predicted octanol–water partition coefficient (Wildman–Crippen LogP) is 0.0766. The van der Waals surface area contributed by atoms with Gasteiger partial charge in [-0.15, -0.1) is 0 Å². The lowest BCUT2D eigenvalue weighted by Crippen LogP contribution is -2.46. The Kier molecular flexibility index (Phi) is 3.26. The molecule has 0 spiro atoms. The van der Waals surface area contributed by atoms with Crippen LogP contribution in [0, 0.1) is 0 Å². The van der Waals surface area contributed by atoms with E-state index in [-0.39, 0.29) is 11.9 Å². The van der Waals surface area contributed by atoms with Crippen LogP contribution in [0.3, 0.4) is 0 Å². The van der Waals surface area contributed by atoms with E-state index in [9.17, 15) is 4.79 Å². The number of nitrogens with zero attached hydrogens (tertiary/aromatic N) is 1. The van der Waals surface area contributed by atoms with Gasteiger partial charge in [-0.25, -0.2) is 0 Å². The number of carbonyl (C=O) groups is 1. The molecule has 2 atom stereocenters. The molecule has 0 aromatic carbocycles. The molecule has 0 radical (unpaired) electrons. The standard InChI is InChI=1S/C11H21N3O/c1-2-10(12)11(15)13-8-5-6-14(7-8)9-3-4-9/h8-10H,2-7,12H2,1H3,(H,13,15). The zero-order valence-electron chi connectivity index (χ0n) is 9.41. The van der Waals surface area contributed by atoms with E-state index < -0.39 is 0 Å². The molecular weight excluding hydrogens is 190 g/mol. The third kappa shape index (κ3) is 2.69. The molecule has 1 aliphatic heterocycles. The Balaban J connectivity index is 1.73. The van der Waals surface area contributed by atoms with Gasteiger partial charge in [-0.3, -0.25) is 9.69 Å². The fourth-order valence-electron chi connectivity index (χ4n) is 2.17. The minimum absolute atomic E-state index is 0.0140. The van der Waals surface area contributed by atoms with Crippen molar-refractivity contribution in [2.24, 2.45) is 5.73 Å². The fourth-order valence-corrected chi connectivity index (χ4v) is 2.17. The van der Waals surface area contributed by atoms with Crippen molar-refractivity contribution in [1.82, 2.24) is 10.2 Å². The summed E-state index contributed by atoms with van der Waals surface area (Å²) in [5.41, 5.74) is 5.68. The third-order valence-corrected chi connectivity index (χ3v) is 3.41. The lowest BCUT2D eigenvalue weighted by molar-refractivity contribution is -0.123. The Morgan fingerprint density at radius 3 is 2.87 bits per heavy atom. The Hall–Kier alpha value is -0.610. The molecule has 1 amide bonds. The summed E-state index contributed by atoms with van der Waals surface area (Å²) in [6.45, 7) is 4.10. The van der Waals surface area contributed by atoms with E-state index in [2.05, 4.69) is 10.2 Å². The molecule has 4 heteroatoms. The minimum Gasteiger partial charge on any atom is -0.351 e. The molecule has 0 bridgehead atoms. The van der Waals surface area contributed by atoms with E-state index in [0.29, 0.717) is 12.5 Å². The highest BCUT2D eigenvalue weighted by molar-refractivity contribution is 5.81. The number of likely N-dealkylation sites (tertiary alicyclic amines) is 1. The summed E-state index contributed by atoms with van der Waals surface area (Å²) in [5.74, 6) is 0.0140. The van der Waals surface area contributed by atoms with Crippen molar-refractivity contribution in [1.29, 1.82) is 0 Å². The third-order valence-electron chi connectivity index (χ3n) is 3.41. The van der Waals surface area contributed by atoms with Crippen molar-refractivity contribution >= 4 is 5.91 Å². The first-order valence-corrected chi connectivity index (χ1v) is 6.00. The molecule has 2 unspecified atom stereocenters. The van der Waals surface area contributed by atoms with E-state index in [0.717, 1.165) is 25.6 Å². The summed E-state index contributed by atoms with van der Waals surface area (Å²) >= 11 is 0. The zero-order chi connectivity index (χ0) is 10.8. The predicted molar refractivity (Wildman–Crippen MR) is 59.4 cm³/mol. The molecule has 1 heterocycles. The summed E-state index contributed by atoms with van der Waals surface area (Å²) in [6, 6.07) is 0.808. The van der Waals surface area contributed by atoms with Gasteiger partial charge in [0.15, 0.2) is 0 Å². The maximum absolute atomic E-state index is 11.6. The van der Waals surface area contributed by atoms with Gasteiger partial charge in [0.1, 0.15) is 0 Å². The van der Waals surface area contributed by atoms with Crippen LogP contribution < -0.4 is 11.1 Å². The molecule has 0 aromatic rings. The molecule has 15 heavy (non-hydrogen) atoms. The molecule has 4 nitrogen and oxygen atoms in total. The zero-order valence-corrected chi connectivity index (χ0v) is 9.41. The van der Waals surface area contributed by atoms with Crippen LogP contribution in [0.5, 0.6) is 0 Å². The maximum atomic E-state index is 11.6. The number of carbonyl (C=O) groups excluding carboxylic acids is 1. The van der Waals surface area contributed by atoms with E-state index in [1.807, 2.05) is 6.92 Å². The number of rotatable bonds is 4. The van der Waals surface area contributed by atoms with Gasteiger partial charge in [-0.1, -0.05) is 6.92 Å². The van der Waals surface area contributed by atoms with Gasteiger partial charge >= 0.3 is 0 Å². The minimum atomic E-state index is -0.333. The van der Waals surface area contributed by atoms with E-state index in [1.54, 1.807) is 0 Å². The van der Waals surface area contributed by atoms with Crippen molar-refractivity contribution in [3.05, 3.63) is 0 Å². The van der Waals surface area contributed by atoms with Gasteiger partial charge in [-0.2, -0.15) is 0 Å². The maximum Gasteiger partial charge on any atom is 0.237 e. The summed E-state index contributed by atoms with van der Waals surface area (Å²) in [6.07, 6.45) is 4.48. The Labute approximate surface area is 91.2 Å². The van der Waals surface area contributed by atoms with Crippen LogP contribution in [0.25, 0.3) is 0 Å². The van der Waals surface area contributed by atoms with Crippen LogP contribution in [0.15, 0.2) is 0 Å². The number of amides is 1. The molecule has 1 saturated heterocycles. The fraction of sp³-hybridized carbons (Fsp3) is 0.909. The highest BCUT2D eigenvalue weighted by Gasteiger charge is 2.34. The first-order valence-electron chi connectivity index (χ1n) is 6.00. The van der Waals surface area contributed by atoms with Crippen LogP contribution in [0.1, 0.15) is 32.6 Å². The summed E-state index contributed by atoms with van der Waals surface area (Å²) < 4.78 is 0. The highest BCUT2D eigenvalue weighted by atomic mass is 16.2. The average Bonchev–Trinajstić information content (AvgIpc) is 2.99. The molecule has 2 rings (SSSR count). The van der Waals surface area contributed by atoms with Crippen molar-refractivity contribution in [2.45, 2.75) is 50.7 Å². The molecule has 1 saturated carbocycles. The second kappa shape index (κ2) is 4.49. The highest BCUT2D eigenvalue weighted by Crippen LogP contribution is 2.29. The summed E-state index contributed by atoms with van der Waals surface area (Å²) in [4.78, 5) is 14.1. The van der Waals surface area contributed by atoms with E-state index in [4.69, 9.17) is 5.73 Å². The van der Waals surface area contributed by atoms with Gasteiger partial charge in [0, 0.05) is 25.2 Å². The van der Waals surface area contributed by atoms with Crippen LogP contribution in [-0.4, -0.2) is 42.0 Å². The second-order valence-electron chi connectivity index (χ2n) is 4.74. The van der Waals surface area contributed by atoms with Gasteiger partial charge in [-0.05, 0) is 25.7 Å². The first-order chi connectivity index (χ1) is 7.20. The average molecular weight is 211 g/mol. The quantitative estimate of drug-likeness (QED) is 0.692. The number of nitrogens with one attached hydrogen (secondary N) is 1.